The smallest absolute Gasteiger partial charge is 0.261 e. The molecule has 0 spiro atoms. The van der Waals surface area contributed by atoms with Crippen LogP contribution in [0.4, 0.5) is 11.6 Å². The van der Waals surface area contributed by atoms with E-state index in [1.807, 2.05) is 18.2 Å². The number of allylic oxidation sites excluding steroid dienone is 1. The molecule has 0 bridgehead atoms. The Bertz CT molecular complexity index is 784. The SMILES string of the molecule is C=C1CCc2cc(C(=O)N3CCc4cccnc43)cnc2N1. The lowest BCUT2D eigenvalue weighted by Crippen LogP contribution is -2.30. The number of aromatic nitrogens is 2. The summed E-state index contributed by atoms with van der Waals surface area (Å²) in [6.45, 7) is 4.60. The predicted octanol–water partition coefficient (Wildman–Crippen LogP) is 2.55. The Morgan fingerprint density at radius 1 is 1.23 bits per heavy atom. The van der Waals surface area contributed by atoms with E-state index in [-0.39, 0.29) is 5.91 Å². The number of hydrogen-bond donors (Lipinski definition) is 1. The van der Waals surface area contributed by atoms with Crippen LogP contribution in [0, 0.1) is 0 Å². The van der Waals surface area contributed by atoms with Crippen LogP contribution in [-0.2, 0) is 12.8 Å². The lowest BCUT2D eigenvalue weighted by Gasteiger charge is -2.21. The summed E-state index contributed by atoms with van der Waals surface area (Å²) in [7, 11) is 0. The fourth-order valence-electron chi connectivity index (χ4n) is 3.01. The van der Waals surface area contributed by atoms with Crippen molar-refractivity contribution in [1.29, 1.82) is 0 Å². The van der Waals surface area contributed by atoms with Crippen molar-refractivity contribution in [3.8, 4) is 0 Å². The van der Waals surface area contributed by atoms with Crippen molar-refractivity contribution in [3.63, 3.8) is 0 Å². The number of nitrogens with one attached hydrogen (secondary N) is 1. The van der Waals surface area contributed by atoms with Crippen LogP contribution in [0.5, 0.6) is 0 Å². The van der Waals surface area contributed by atoms with Gasteiger partial charge in [0.05, 0.1) is 5.56 Å². The Balaban J connectivity index is 1.66. The van der Waals surface area contributed by atoms with Crippen LogP contribution in [0.2, 0.25) is 0 Å². The Hall–Kier alpha value is -2.69. The minimum atomic E-state index is -0.0304. The van der Waals surface area contributed by atoms with E-state index in [1.54, 1.807) is 17.3 Å². The molecular formula is C17H16N4O. The quantitative estimate of drug-likeness (QED) is 0.877. The molecule has 0 unspecified atom stereocenters. The summed E-state index contributed by atoms with van der Waals surface area (Å²) in [6.07, 6.45) is 5.96. The molecule has 2 aliphatic rings. The highest BCUT2D eigenvalue weighted by molar-refractivity contribution is 6.06. The highest BCUT2D eigenvalue weighted by Gasteiger charge is 2.27. The number of carbonyl (C=O) groups excluding carboxylic acids is 1. The Labute approximate surface area is 128 Å². The average Bonchev–Trinajstić information content (AvgIpc) is 2.97. The highest BCUT2D eigenvalue weighted by atomic mass is 16.2. The first kappa shape index (κ1) is 13.0. The van der Waals surface area contributed by atoms with Gasteiger partial charge in [-0.05, 0) is 42.5 Å². The average molecular weight is 292 g/mol. The third-order valence-electron chi connectivity index (χ3n) is 4.18. The summed E-state index contributed by atoms with van der Waals surface area (Å²) in [6, 6.07) is 5.87. The van der Waals surface area contributed by atoms with Gasteiger partial charge in [0, 0.05) is 24.6 Å². The molecule has 0 radical (unpaired) electrons. The van der Waals surface area contributed by atoms with Gasteiger partial charge in [-0.25, -0.2) is 9.97 Å². The van der Waals surface area contributed by atoms with E-state index in [1.165, 1.54) is 0 Å². The molecule has 0 aromatic carbocycles. The number of nitrogens with zero attached hydrogens (tertiary/aromatic N) is 3. The molecule has 5 heteroatoms. The Morgan fingerprint density at radius 3 is 3.05 bits per heavy atom. The van der Waals surface area contributed by atoms with Crippen LogP contribution in [0.25, 0.3) is 0 Å². The maximum Gasteiger partial charge on any atom is 0.261 e. The second-order valence-corrected chi connectivity index (χ2v) is 5.65. The molecule has 4 rings (SSSR count). The molecule has 0 saturated carbocycles. The fourth-order valence-corrected chi connectivity index (χ4v) is 3.01. The molecular weight excluding hydrogens is 276 g/mol. The van der Waals surface area contributed by atoms with Crippen LogP contribution >= 0.6 is 0 Å². The minimum Gasteiger partial charge on any atom is -0.344 e. The second kappa shape index (κ2) is 4.94. The van der Waals surface area contributed by atoms with Gasteiger partial charge < -0.3 is 5.32 Å². The normalized spacial score (nSPS) is 16.0. The molecule has 4 heterocycles. The zero-order chi connectivity index (χ0) is 15.1. The van der Waals surface area contributed by atoms with Gasteiger partial charge in [-0.15, -0.1) is 0 Å². The third kappa shape index (κ3) is 2.06. The maximum absolute atomic E-state index is 12.8. The summed E-state index contributed by atoms with van der Waals surface area (Å²) < 4.78 is 0. The maximum atomic E-state index is 12.8. The van der Waals surface area contributed by atoms with E-state index in [9.17, 15) is 4.79 Å². The largest absolute Gasteiger partial charge is 0.344 e. The fraction of sp³-hybridized carbons (Fsp3) is 0.235. The van der Waals surface area contributed by atoms with Gasteiger partial charge in [0.15, 0.2) is 0 Å². The number of pyridine rings is 2. The molecule has 0 aliphatic carbocycles. The Morgan fingerprint density at radius 2 is 2.14 bits per heavy atom. The molecule has 2 aromatic rings. The number of anilines is 2. The van der Waals surface area contributed by atoms with Gasteiger partial charge in [-0.3, -0.25) is 9.69 Å². The summed E-state index contributed by atoms with van der Waals surface area (Å²) in [5.74, 6) is 1.56. The number of carbonyl (C=O) groups is 1. The van der Waals surface area contributed by atoms with Crippen molar-refractivity contribution < 1.29 is 4.79 Å². The van der Waals surface area contributed by atoms with Crippen LogP contribution in [-0.4, -0.2) is 22.4 Å². The van der Waals surface area contributed by atoms with Crippen molar-refractivity contribution in [2.75, 3.05) is 16.8 Å². The summed E-state index contributed by atoms with van der Waals surface area (Å²) in [4.78, 5) is 23.2. The predicted molar refractivity (Wildman–Crippen MR) is 84.9 cm³/mol. The molecule has 2 aromatic heterocycles. The van der Waals surface area contributed by atoms with Crippen molar-refractivity contribution in [1.82, 2.24) is 9.97 Å². The lowest BCUT2D eigenvalue weighted by molar-refractivity contribution is 0.0988. The summed E-state index contributed by atoms with van der Waals surface area (Å²) >= 11 is 0. The number of fused-ring (bicyclic) bond motifs is 2. The molecule has 0 fully saturated rings. The second-order valence-electron chi connectivity index (χ2n) is 5.65. The number of amides is 1. The van der Waals surface area contributed by atoms with Gasteiger partial charge in [0.25, 0.3) is 5.91 Å². The van der Waals surface area contributed by atoms with Crippen molar-refractivity contribution in [2.45, 2.75) is 19.3 Å². The van der Waals surface area contributed by atoms with E-state index in [2.05, 4.69) is 21.9 Å². The molecule has 22 heavy (non-hydrogen) atoms. The summed E-state index contributed by atoms with van der Waals surface area (Å²) in [5, 5.41) is 3.17. The van der Waals surface area contributed by atoms with E-state index >= 15 is 0 Å². The molecule has 0 atom stereocenters. The van der Waals surface area contributed by atoms with Gasteiger partial charge in [0.1, 0.15) is 11.6 Å². The number of hydrogen-bond acceptors (Lipinski definition) is 4. The van der Waals surface area contributed by atoms with Crippen LogP contribution in [0.3, 0.4) is 0 Å². The lowest BCUT2D eigenvalue weighted by atomic mass is 10.0. The highest BCUT2D eigenvalue weighted by Crippen LogP contribution is 2.28. The van der Waals surface area contributed by atoms with Gasteiger partial charge in [-0.2, -0.15) is 0 Å². The first-order chi connectivity index (χ1) is 10.7. The van der Waals surface area contributed by atoms with Gasteiger partial charge in [-0.1, -0.05) is 12.6 Å². The minimum absolute atomic E-state index is 0.0304. The first-order valence-electron chi connectivity index (χ1n) is 7.42. The zero-order valence-corrected chi connectivity index (χ0v) is 12.2. The van der Waals surface area contributed by atoms with E-state index < -0.39 is 0 Å². The van der Waals surface area contributed by atoms with Crippen molar-refractivity contribution in [2.24, 2.45) is 0 Å². The zero-order valence-electron chi connectivity index (χ0n) is 12.2. The van der Waals surface area contributed by atoms with E-state index in [0.717, 1.165) is 47.7 Å². The monoisotopic (exact) mass is 292 g/mol. The van der Waals surface area contributed by atoms with Crippen molar-refractivity contribution >= 4 is 17.5 Å². The first-order valence-corrected chi connectivity index (χ1v) is 7.42. The molecule has 1 N–H and O–H groups in total. The van der Waals surface area contributed by atoms with E-state index in [0.29, 0.717) is 12.1 Å². The van der Waals surface area contributed by atoms with Crippen LogP contribution in [0.1, 0.15) is 27.9 Å². The van der Waals surface area contributed by atoms with Gasteiger partial charge >= 0.3 is 0 Å². The molecule has 5 nitrogen and oxygen atoms in total. The summed E-state index contributed by atoms with van der Waals surface area (Å²) in [5.41, 5.74) is 3.78. The Kier molecular flexibility index (Phi) is 2.92. The molecule has 0 saturated heterocycles. The van der Waals surface area contributed by atoms with Crippen molar-refractivity contribution in [3.05, 3.63) is 59.6 Å². The van der Waals surface area contributed by atoms with Crippen LogP contribution in [0.15, 0.2) is 42.9 Å². The third-order valence-corrected chi connectivity index (χ3v) is 4.18. The topological polar surface area (TPSA) is 58.1 Å². The number of rotatable bonds is 1. The molecule has 2 aliphatic heterocycles. The van der Waals surface area contributed by atoms with Gasteiger partial charge in [0.2, 0.25) is 0 Å². The molecule has 1 amide bonds. The molecule has 110 valence electrons. The standard InChI is InChI=1S/C17H16N4O/c1-11-4-5-13-9-14(10-19-15(13)20-11)17(22)21-8-6-12-3-2-7-18-16(12)21/h2-3,7,9-10H,1,4-6,8H2,(H,19,20). The van der Waals surface area contributed by atoms with Crippen LogP contribution < -0.4 is 10.2 Å². The number of aryl methyl sites for hydroxylation is 1. The van der Waals surface area contributed by atoms with E-state index in [4.69, 9.17) is 0 Å².